The lowest BCUT2D eigenvalue weighted by Crippen LogP contribution is -2.07. The van der Waals surface area contributed by atoms with Crippen LogP contribution in [-0.4, -0.2) is 16.6 Å². The van der Waals surface area contributed by atoms with E-state index in [2.05, 4.69) is 35.9 Å². The summed E-state index contributed by atoms with van der Waals surface area (Å²) in [5.74, 6) is 2.11. The molecule has 0 aliphatic rings. The Morgan fingerprint density at radius 3 is 2.57 bits per heavy atom. The smallest absolute Gasteiger partial charge is 0.145 e. The van der Waals surface area contributed by atoms with Crippen LogP contribution in [0.15, 0.2) is 30.5 Å². The number of rotatable bonds is 5. The molecule has 0 spiro atoms. The molecular weight excluding hydrogens is 264 g/mol. The highest BCUT2D eigenvalue weighted by atomic mass is 16.5. The van der Waals surface area contributed by atoms with E-state index in [0.717, 1.165) is 5.75 Å². The maximum Gasteiger partial charge on any atom is 0.145 e. The summed E-state index contributed by atoms with van der Waals surface area (Å²) in [6.07, 6.45) is 1.98. The van der Waals surface area contributed by atoms with Crippen molar-refractivity contribution in [3.8, 4) is 11.8 Å². The molecule has 0 saturated carbocycles. The lowest BCUT2D eigenvalue weighted by molar-refractivity contribution is 0.319. The average molecular weight is 282 g/mol. The van der Waals surface area contributed by atoms with Gasteiger partial charge in [0.1, 0.15) is 29.0 Å². The van der Waals surface area contributed by atoms with Crippen LogP contribution in [0.2, 0.25) is 0 Å². The molecule has 0 radical (unpaired) electrons. The van der Waals surface area contributed by atoms with Crippen molar-refractivity contribution in [1.82, 2.24) is 9.97 Å². The van der Waals surface area contributed by atoms with Crippen molar-refractivity contribution in [2.75, 3.05) is 12.3 Å². The molecular formula is C16H18N4O. The number of nitrogen functional groups attached to an aromatic ring is 1. The van der Waals surface area contributed by atoms with Gasteiger partial charge in [-0.1, -0.05) is 26.0 Å². The van der Waals surface area contributed by atoms with E-state index in [1.54, 1.807) is 0 Å². The Kier molecular flexibility index (Phi) is 4.72. The molecule has 2 aromatic rings. The number of nitriles is 1. The molecule has 108 valence electrons. The fourth-order valence-electron chi connectivity index (χ4n) is 1.85. The molecule has 0 aliphatic heterocycles. The third-order valence-corrected chi connectivity index (χ3v) is 3.13. The number of nitrogens with two attached hydrogens (primary N) is 1. The van der Waals surface area contributed by atoms with Gasteiger partial charge in [-0.2, -0.15) is 5.26 Å². The van der Waals surface area contributed by atoms with Crippen molar-refractivity contribution in [2.45, 2.75) is 26.2 Å². The van der Waals surface area contributed by atoms with Crippen molar-refractivity contribution in [3.05, 3.63) is 47.4 Å². The molecule has 0 amide bonds. The van der Waals surface area contributed by atoms with Gasteiger partial charge in [0, 0.05) is 6.42 Å². The third kappa shape index (κ3) is 3.93. The summed E-state index contributed by atoms with van der Waals surface area (Å²) in [7, 11) is 0. The fraction of sp³-hybridized carbons (Fsp3) is 0.312. The SMILES string of the molecule is CC(C)c1ccc(OCCc2ncc(C#N)c(N)n2)cc1. The maximum absolute atomic E-state index is 8.76. The second-order valence-electron chi connectivity index (χ2n) is 5.02. The van der Waals surface area contributed by atoms with E-state index in [1.165, 1.54) is 11.8 Å². The quantitative estimate of drug-likeness (QED) is 0.911. The number of hydrogen-bond acceptors (Lipinski definition) is 5. The van der Waals surface area contributed by atoms with Crippen molar-refractivity contribution >= 4 is 5.82 Å². The van der Waals surface area contributed by atoms with Crippen LogP contribution in [0.3, 0.4) is 0 Å². The van der Waals surface area contributed by atoms with E-state index in [9.17, 15) is 0 Å². The first-order valence-electron chi connectivity index (χ1n) is 6.84. The molecule has 0 saturated heterocycles. The largest absolute Gasteiger partial charge is 0.493 e. The van der Waals surface area contributed by atoms with Crippen LogP contribution in [0, 0.1) is 11.3 Å². The van der Waals surface area contributed by atoms with E-state index in [4.69, 9.17) is 15.7 Å². The Morgan fingerprint density at radius 1 is 1.29 bits per heavy atom. The van der Waals surface area contributed by atoms with E-state index in [1.807, 2.05) is 18.2 Å². The zero-order valence-corrected chi connectivity index (χ0v) is 12.2. The van der Waals surface area contributed by atoms with E-state index in [-0.39, 0.29) is 5.82 Å². The fourth-order valence-corrected chi connectivity index (χ4v) is 1.85. The standard InChI is InChI=1S/C16H18N4O/c1-11(2)12-3-5-14(6-4-12)21-8-7-15-19-10-13(9-17)16(18)20-15/h3-6,10-11H,7-8H2,1-2H3,(H2,18,19,20). The number of benzene rings is 1. The molecule has 0 aliphatic carbocycles. The second-order valence-corrected chi connectivity index (χ2v) is 5.02. The number of anilines is 1. The van der Waals surface area contributed by atoms with Crippen LogP contribution in [0.5, 0.6) is 5.75 Å². The minimum absolute atomic E-state index is 0.212. The lowest BCUT2D eigenvalue weighted by atomic mass is 10.0. The van der Waals surface area contributed by atoms with E-state index < -0.39 is 0 Å². The van der Waals surface area contributed by atoms with Crippen LogP contribution in [0.4, 0.5) is 5.82 Å². The van der Waals surface area contributed by atoms with Crippen molar-refractivity contribution < 1.29 is 4.74 Å². The lowest BCUT2D eigenvalue weighted by Gasteiger charge is -2.08. The van der Waals surface area contributed by atoms with Gasteiger partial charge in [0.05, 0.1) is 12.8 Å². The van der Waals surface area contributed by atoms with Crippen LogP contribution in [0.25, 0.3) is 0 Å². The third-order valence-electron chi connectivity index (χ3n) is 3.13. The van der Waals surface area contributed by atoms with Crippen molar-refractivity contribution in [1.29, 1.82) is 5.26 Å². The highest BCUT2D eigenvalue weighted by molar-refractivity contribution is 5.46. The Bertz CT molecular complexity index is 644. The highest BCUT2D eigenvalue weighted by Gasteiger charge is 2.04. The Hall–Kier alpha value is -2.61. The first kappa shape index (κ1) is 14.8. The van der Waals surface area contributed by atoms with Crippen molar-refractivity contribution in [2.24, 2.45) is 0 Å². The Balaban J connectivity index is 1.89. The summed E-state index contributed by atoms with van der Waals surface area (Å²) in [5, 5.41) is 8.76. The first-order valence-corrected chi connectivity index (χ1v) is 6.84. The Labute approximate surface area is 124 Å². The zero-order valence-electron chi connectivity index (χ0n) is 12.2. The maximum atomic E-state index is 8.76. The molecule has 5 heteroatoms. The second kappa shape index (κ2) is 6.71. The zero-order chi connectivity index (χ0) is 15.2. The summed E-state index contributed by atoms with van der Waals surface area (Å²) in [5.41, 5.74) is 7.22. The van der Waals surface area contributed by atoms with Gasteiger partial charge in [0.25, 0.3) is 0 Å². The van der Waals surface area contributed by atoms with Gasteiger partial charge < -0.3 is 10.5 Å². The minimum Gasteiger partial charge on any atom is -0.493 e. The topological polar surface area (TPSA) is 84.8 Å². The molecule has 5 nitrogen and oxygen atoms in total. The van der Waals surface area contributed by atoms with Gasteiger partial charge in [-0.3, -0.25) is 0 Å². The molecule has 1 aromatic heterocycles. The first-order chi connectivity index (χ1) is 10.1. The monoisotopic (exact) mass is 282 g/mol. The predicted octanol–water partition coefficient (Wildman–Crippen LogP) is 2.68. The minimum atomic E-state index is 0.212. The van der Waals surface area contributed by atoms with Crippen LogP contribution in [0.1, 0.15) is 36.7 Å². The van der Waals surface area contributed by atoms with E-state index in [0.29, 0.717) is 30.3 Å². The molecule has 1 heterocycles. The van der Waals surface area contributed by atoms with Crippen LogP contribution >= 0.6 is 0 Å². The highest BCUT2D eigenvalue weighted by Crippen LogP contribution is 2.18. The molecule has 0 unspecified atom stereocenters. The molecule has 21 heavy (non-hydrogen) atoms. The molecule has 0 atom stereocenters. The number of hydrogen-bond donors (Lipinski definition) is 1. The molecule has 0 fully saturated rings. The molecule has 2 rings (SSSR count). The summed E-state index contributed by atoms with van der Waals surface area (Å²) in [6.45, 7) is 4.78. The summed E-state index contributed by atoms with van der Waals surface area (Å²) >= 11 is 0. The number of ether oxygens (including phenoxy) is 1. The van der Waals surface area contributed by atoms with Crippen LogP contribution < -0.4 is 10.5 Å². The molecule has 0 bridgehead atoms. The van der Waals surface area contributed by atoms with Gasteiger partial charge >= 0.3 is 0 Å². The van der Waals surface area contributed by atoms with Crippen molar-refractivity contribution in [3.63, 3.8) is 0 Å². The van der Waals surface area contributed by atoms with Gasteiger partial charge in [-0.15, -0.1) is 0 Å². The predicted molar refractivity (Wildman–Crippen MR) is 80.9 cm³/mol. The van der Waals surface area contributed by atoms with Gasteiger partial charge in [-0.05, 0) is 23.6 Å². The van der Waals surface area contributed by atoms with Gasteiger partial charge in [0.15, 0.2) is 0 Å². The molecule has 2 N–H and O–H groups in total. The summed E-state index contributed by atoms with van der Waals surface area (Å²) in [4.78, 5) is 8.16. The summed E-state index contributed by atoms with van der Waals surface area (Å²) in [6, 6.07) is 9.99. The number of aromatic nitrogens is 2. The van der Waals surface area contributed by atoms with Crippen LogP contribution in [-0.2, 0) is 6.42 Å². The van der Waals surface area contributed by atoms with Gasteiger partial charge in [0.2, 0.25) is 0 Å². The molecule has 1 aromatic carbocycles. The van der Waals surface area contributed by atoms with E-state index >= 15 is 0 Å². The Morgan fingerprint density at radius 2 is 2.00 bits per heavy atom. The normalized spacial score (nSPS) is 10.4. The van der Waals surface area contributed by atoms with Gasteiger partial charge in [-0.25, -0.2) is 9.97 Å². The number of nitrogens with zero attached hydrogens (tertiary/aromatic N) is 3. The summed E-state index contributed by atoms with van der Waals surface area (Å²) < 4.78 is 5.66. The average Bonchev–Trinajstić information content (AvgIpc) is 2.48.